The van der Waals surface area contributed by atoms with E-state index in [2.05, 4.69) is 10.6 Å². The van der Waals surface area contributed by atoms with E-state index < -0.39 is 6.04 Å². The summed E-state index contributed by atoms with van der Waals surface area (Å²) < 4.78 is 0. The lowest BCUT2D eigenvalue weighted by Crippen LogP contribution is -2.67. The van der Waals surface area contributed by atoms with Crippen LogP contribution in [0.5, 0.6) is 0 Å². The van der Waals surface area contributed by atoms with Gasteiger partial charge in [-0.25, -0.2) is 0 Å². The average molecular weight is 299 g/mol. The van der Waals surface area contributed by atoms with Gasteiger partial charge in [-0.05, 0) is 5.56 Å². The van der Waals surface area contributed by atoms with Crippen LogP contribution >= 0.6 is 23.4 Å². The standard InChI is InChI=1S/C13H15ClN2O2S/c14-6-7-19-13-11(12(18)16-13)15-10(17)8-9-4-2-1-3-5-9/h1-5,11,13H,6-8H2,(H,15,17)(H,16,18)/t11-,13-/m1/s1. The molecule has 2 N–H and O–H groups in total. The summed E-state index contributed by atoms with van der Waals surface area (Å²) in [5.74, 6) is 1.01. The van der Waals surface area contributed by atoms with Gasteiger partial charge >= 0.3 is 0 Å². The molecule has 0 unspecified atom stereocenters. The smallest absolute Gasteiger partial charge is 0.246 e. The van der Waals surface area contributed by atoms with Gasteiger partial charge in [0.15, 0.2) is 0 Å². The Kier molecular flexibility index (Phi) is 5.10. The number of thioether (sulfide) groups is 1. The van der Waals surface area contributed by atoms with Crippen molar-refractivity contribution in [2.45, 2.75) is 17.8 Å². The van der Waals surface area contributed by atoms with E-state index in [4.69, 9.17) is 11.6 Å². The molecule has 0 radical (unpaired) electrons. The van der Waals surface area contributed by atoms with E-state index in [1.807, 2.05) is 30.3 Å². The Morgan fingerprint density at radius 3 is 2.74 bits per heavy atom. The van der Waals surface area contributed by atoms with Gasteiger partial charge in [0.05, 0.1) is 6.42 Å². The molecule has 4 nitrogen and oxygen atoms in total. The summed E-state index contributed by atoms with van der Waals surface area (Å²) in [4.78, 5) is 23.3. The number of halogens is 1. The summed E-state index contributed by atoms with van der Waals surface area (Å²) in [6.45, 7) is 0. The highest BCUT2D eigenvalue weighted by molar-refractivity contribution is 8.00. The van der Waals surface area contributed by atoms with Gasteiger partial charge in [0.1, 0.15) is 11.4 Å². The molecule has 1 aromatic rings. The minimum absolute atomic E-state index is 0.0639. The molecule has 0 spiro atoms. The van der Waals surface area contributed by atoms with Crippen molar-refractivity contribution in [3.05, 3.63) is 35.9 Å². The summed E-state index contributed by atoms with van der Waals surface area (Å²) in [5, 5.41) is 5.44. The molecule has 1 aliphatic heterocycles. The number of hydrogen-bond acceptors (Lipinski definition) is 3. The Labute approximate surface area is 121 Å². The molecule has 19 heavy (non-hydrogen) atoms. The molecule has 1 fully saturated rings. The lowest BCUT2D eigenvalue weighted by molar-refractivity contribution is -0.134. The molecule has 6 heteroatoms. The number of carbonyl (C=O) groups is 2. The van der Waals surface area contributed by atoms with Gasteiger partial charge in [0, 0.05) is 11.6 Å². The van der Waals surface area contributed by atoms with E-state index in [-0.39, 0.29) is 23.6 Å². The highest BCUT2D eigenvalue weighted by Crippen LogP contribution is 2.20. The first-order chi connectivity index (χ1) is 9.20. The van der Waals surface area contributed by atoms with Gasteiger partial charge in [0.25, 0.3) is 0 Å². The molecule has 2 amide bonds. The van der Waals surface area contributed by atoms with Crippen LogP contribution in [0.2, 0.25) is 0 Å². The van der Waals surface area contributed by atoms with Crippen LogP contribution in [0.15, 0.2) is 30.3 Å². The first-order valence-electron chi connectivity index (χ1n) is 6.02. The minimum atomic E-state index is -0.440. The summed E-state index contributed by atoms with van der Waals surface area (Å²) in [7, 11) is 0. The maximum absolute atomic E-state index is 11.9. The number of nitrogens with one attached hydrogen (secondary N) is 2. The topological polar surface area (TPSA) is 58.2 Å². The Balaban J connectivity index is 1.83. The van der Waals surface area contributed by atoms with Gasteiger partial charge in [0.2, 0.25) is 11.8 Å². The van der Waals surface area contributed by atoms with Crippen LogP contribution in [-0.4, -0.2) is 34.9 Å². The normalized spacial score (nSPS) is 21.4. The number of alkyl halides is 1. The fraction of sp³-hybridized carbons (Fsp3) is 0.385. The first-order valence-corrected chi connectivity index (χ1v) is 7.60. The second-order valence-electron chi connectivity index (χ2n) is 4.20. The van der Waals surface area contributed by atoms with Crippen molar-refractivity contribution in [2.24, 2.45) is 0 Å². The predicted octanol–water partition coefficient (Wildman–Crippen LogP) is 1.14. The second-order valence-corrected chi connectivity index (χ2v) is 5.82. The van der Waals surface area contributed by atoms with Crippen molar-refractivity contribution in [3.63, 3.8) is 0 Å². The van der Waals surface area contributed by atoms with Crippen molar-refractivity contribution in [1.82, 2.24) is 10.6 Å². The molecule has 1 aliphatic rings. The van der Waals surface area contributed by atoms with E-state index in [0.29, 0.717) is 5.88 Å². The third kappa shape index (κ3) is 3.88. The Hall–Kier alpha value is -1.20. The van der Waals surface area contributed by atoms with E-state index in [1.54, 1.807) is 11.8 Å². The van der Waals surface area contributed by atoms with E-state index in [1.165, 1.54) is 0 Å². The maximum Gasteiger partial charge on any atom is 0.246 e. The highest BCUT2D eigenvalue weighted by Gasteiger charge is 2.40. The average Bonchev–Trinajstić information content (AvgIpc) is 2.42. The SMILES string of the molecule is O=C(Cc1ccccc1)N[C@@H]1C(=O)N[C@@H]1SCCCl. The van der Waals surface area contributed by atoms with E-state index >= 15 is 0 Å². The fourth-order valence-electron chi connectivity index (χ4n) is 1.81. The third-order valence-corrected chi connectivity index (χ3v) is 4.37. The van der Waals surface area contributed by atoms with Crippen LogP contribution in [-0.2, 0) is 16.0 Å². The van der Waals surface area contributed by atoms with Crippen molar-refractivity contribution >= 4 is 35.2 Å². The Bertz CT molecular complexity index is 455. The summed E-state index contributed by atoms with van der Waals surface area (Å²) in [6.07, 6.45) is 0.289. The number of amides is 2. The van der Waals surface area contributed by atoms with Crippen LogP contribution in [0.3, 0.4) is 0 Å². The van der Waals surface area contributed by atoms with Crippen LogP contribution in [0, 0.1) is 0 Å². The largest absolute Gasteiger partial charge is 0.341 e. The quantitative estimate of drug-likeness (QED) is 0.612. The summed E-state index contributed by atoms with van der Waals surface area (Å²) >= 11 is 7.15. The van der Waals surface area contributed by atoms with Gasteiger partial charge in [-0.3, -0.25) is 9.59 Å². The monoisotopic (exact) mass is 298 g/mol. The summed E-state index contributed by atoms with van der Waals surface area (Å²) in [6, 6.07) is 9.01. The van der Waals surface area contributed by atoms with Crippen LogP contribution < -0.4 is 10.6 Å². The van der Waals surface area contributed by atoms with Crippen LogP contribution in [0.25, 0.3) is 0 Å². The van der Waals surface area contributed by atoms with Crippen molar-refractivity contribution < 1.29 is 9.59 Å². The number of rotatable bonds is 6. The molecule has 1 aromatic carbocycles. The highest BCUT2D eigenvalue weighted by atomic mass is 35.5. The van der Waals surface area contributed by atoms with Gasteiger partial charge in [-0.15, -0.1) is 23.4 Å². The van der Waals surface area contributed by atoms with Crippen LogP contribution in [0.1, 0.15) is 5.56 Å². The molecule has 0 aromatic heterocycles. The van der Waals surface area contributed by atoms with Crippen molar-refractivity contribution in [3.8, 4) is 0 Å². The van der Waals surface area contributed by atoms with Gasteiger partial charge in [-0.1, -0.05) is 30.3 Å². The molecule has 0 saturated carbocycles. The molecule has 102 valence electrons. The molecular weight excluding hydrogens is 284 g/mol. The number of benzene rings is 1. The molecule has 2 atom stereocenters. The molecule has 0 aliphatic carbocycles. The van der Waals surface area contributed by atoms with E-state index in [9.17, 15) is 9.59 Å². The Morgan fingerprint density at radius 2 is 2.11 bits per heavy atom. The van der Waals surface area contributed by atoms with Gasteiger partial charge in [-0.2, -0.15) is 0 Å². The number of β-lactam (4-membered cyclic amide) rings is 1. The first kappa shape index (κ1) is 14.2. The molecule has 2 rings (SSSR count). The second kappa shape index (κ2) is 6.82. The van der Waals surface area contributed by atoms with Crippen molar-refractivity contribution in [1.29, 1.82) is 0 Å². The number of carbonyl (C=O) groups excluding carboxylic acids is 2. The minimum Gasteiger partial charge on any atom is -0.341 e. The lowest BCUT2D eigenvalue weighted by Gasteiger charge is -2.36. The van der Waals surface area contributed by atoms with Gasteiger partial charge < -0.3 is 10.6 Å². The molecule has 0 bridgehead atoms. The van der Waals surface area contributed by atoms with Crippen LogP contribution in [0.4, 0.5) is 0 Å². The maximum atomic E-state index is 11.9. The zero-order chi connectivity index (χ0) is 13.7. The van der Waals surface area contributed by atoms with Crippen molar-refractivity contribution in [2.75, 3.05) is 11.6 Å². The third-order valence-electron chi connectivity index (χ3n) is 2.77. The number of hydrogen-bond donors (Lipinski definition) is 2. The predicted molar refractivity (Wildman–Crippen MR) is 77.2 cm³/mol. The summed E-state index contributed by atoms with van der Waals surface area (Å²) in [5.41, 5.74) is 0.935. The lowest BCUT2D eigenvalue weighted by atomic mass is 10.1. The van der Waals surface area contributed by atoms with E-state index in [0.717, 1.165) is 11.3 Å². The Morgan fingerprint density at radius 1 is 1.37 bits per heavy atom. The molecular formula is C13H15ClN2O2S. The fourth-order valence-corrected chi connectivity index (χ4v) is 3.00. The zero-order valence-corrected chi connectivity index (χ0v) is 11.8. The molecule has 1 saturated heterocycles. The zero-order valence-electron chi connectivity index (χ0n) is 10.3. The molecule has 1 heterocycles.